The molecule has 0 saturated carbocycles. The number of carbonyl (C=O) groups is 1. The molecule has 0 bridgehead atoms. The molecular formula is C11H14O2S2. The maximum Gasteiger partial charge on any atom is 0.150 e. The van der Waals surface area contributed by atoms with Crippen LogP contribution in [-0.2, 0) is 0 Å². The maximum absolute atomic E-state index is 10.4. The van der Waals surface area contributed by atoms with Gasteiger partial charge in [0.2, 0.25) is 0 Å². The third kappa shape index (κ3) is 5.25. The van der Waals surface area contributed by atoms with Crippen LogP contribution >= 0.6 is 23.8 Å². The summed E-state index contributed by atoms with van der Waals surface area (Å²) < 4.78 is 8.52. The molecule has 0 aromatic heterocycles. The lowest BCUT2D eigenvalue weighted by molar-refractivity contribution is 0.112. The van der Waals surface area contributed by atoms with Crippen LogP contribution in [0.4, 0.5) is 0 Å². The average Bonchev–Trinajstić information content (AvgIpc) is 2.30. The van der Waals surface area contributed by atoms with Gasteiger partial charge in [0, 0.05) is 16.2 Å². The van der Waals surface area contributed by atoms with Crippen LogP contribution in [0.1, 0.15) is 23.2 Å². The highest BCUT2D eigenvalue weighted by atomic mass is 32.2. The number of carbonyl (C=O) groups excluding carboxylic acids is 1. The van der Waals surface area contributed by atoms with Gasteiger partial charge < -0.3 is 4.55 Å². The van der Waals surface area contributed by atoms with Gasteiger partial charge in [-0.1, -0.05) is 12.1 Å². The van der Waals surface area contributed by atoms with Crippen LogP contribution in [0.5, 0.6) is 0 Å². The van der Waals surface area contributed by atoms with Crippen molar-refractivity contribution in [3.8, 4) is 0 Å². The first-order valence-corrected chi connectivity index (χ1v) is 6.74. The molecule has 82 valence electrons. The monoisotopic (exact) mass is 242 g/mol. The van der Waals surface area contributed by atoms with E-state index < -0.39 is 0 Å². The third-order valence-electron chi connectivity index (χ3n) is 1.91. The molecule has 0 spiro atoms. The topological polar surface area (TPSA) is 37.3 Å². The van der Waals surface area contributed by atoms with Crippen LogP contribution in [-0.4, -0.2) is 22.3 Å². The largest absolute Gasteiger partial charge is 0.330 e. The fourth-order valence-electron chi connectivity index (χ4n) is 1.10. The van der Waals surface area contributed by atoms with Gasteiger partial charge in [-0.05, 0) is 42.8 Å². The second-order valence-electron chi connectivity index (χ2n) is 3.08. The van der Waals surface area contributed by atoms with E-state index in [4.69, 9.17) is 4.55 Å². The van der Waals surface area contributed by atoms with Gasteiger partial charge in [-0.15, -0.1) is 11.8 Å². The minimum atomic E-state index is 0.719. The number of unbranched alkanes of at least 4 members (excludes halogenated alkanes) is 1. The van der Waals surface area contributed by atoms with E-state index in [0.29, 0.717) is 0 Å². The zero-order valence-electron chi connectivity index (χ0n) is 8.39. The second kappa shape index (κ2) is 7.79. The van der Waals surface area contributed by atoms with Gasteiger partial charge in [-0.25, -0.2) is 0 Å². The van der Waals surface area contributed by atoms with Gasteiger partial charge in [0.1, 0.15) is 6.29 Å². The average molecular weight is 242 g/mol. The molecule has 1 aromatic carbocycles. The number of hydrogen-bond acceptors (Lipinski definition) is 4. The Morgan fingerprint density at radius 3 is 2.40 bits per heavy atom. The highest BCUT2D eigenvalue weighted by Gasteiger charge is 1.95. The summed E-state index contributed by atoms with van der Waals surface area (Å²) in [6.07, 6.45) is 3.00. The maximum atomic E-state index is 10.4. The third-order valence-corrected chi connectivity index (χ3v) is 3.48. The Morgan fingerprint density at radius 2 is 1.80 bits per heavy atom. The quantitative estimate of drug-likeness (QED) is 0.343. The summed E-state index contributed by atoms with van der Waals surface area (Å²) >= 11 is 2.69. The number of benzene rings is 1. The van der Waals surface area contributed by atoms with Gasteiger partial charge in [0.05, 0.1) is 0 Å². The van der Waals surface area contributed by atoms with Crippen LogP contribution in [0.15, 0.2) is 29.2 Å². The summed E-state index contributed by atoms with van der Waals surface area (Å²) in [4.78, 5) is 11.6. The zero-order valence-corrected chi connectivity index (χ0v) is 10.0. The van der Waals surface area contributed by atoms with Gasteiger partial charge >= 0.3 is 0 Å². The van der Waals surface area contributed by atoms with Gasteiger partial charge in [0.15, 0.2) is 0 Å². The molecule has 0 fully saturated rings. The van der Waals surface area contributed by atoms with Crippen LogP contribution in [0.25, 0.3) is 0 Å². The van der Waals surface area contributed by atoms with Crippen LogP contribution in [0.3, 0.4) is 0 Å². The van der Waals surface area contributed by atoms with E-state index in [2.05, 4.69) is 0 Å². The number of hydrogen-bond donors (Lipinski definition) is 1. The standard InChI is InChI=1S/C11H14O2S2/c12-9-10-3-5-11(6-4-10)14-7-1-2-8-15-13/h3-6,9,13H,1-2,7-8H2. The van der Waals surface area contributed by atoms with Crippen molar-refractivity contribution in [2.45, 2.75) is 17.7 Å². The fraction of sp³-hybridized carbons (Fsp3) is 0.364. The second-order valence-corrected chi connectivity index (χ2v) is 4.91. The molecule has 0 aliphatic heterocycles. The molecule has 1 N–H and O–H groups in total. The van der Waals surface area contributed by atoms with E-state index in [1.165, 1.54) is 4.90 Å². The lowest BCUT2D eigenvalue weighted by Crippen LogP contribution is -1.84. The fourth-order valence-corrected chi connectivity index (χ4v) is 2.35. The molecule has 0 unspecified atom stereocenters. The van der Waals surface area contributed by atoms with E-state index in [-0.39, 0.29) is 0 Å². The molecular weight excluding hydrogens is 228 g/mol. The summed E-state index contributed by atoms with van der Waals surface area (Å²) in [5, 5.41) is 0. The molecule has 1 rings (SSSR count). The lowest BCUT2D eigenvalue weighted by Gasteiger charge is -2.01. The Balaban J connectivity index is 2.22. The Morgan fingerprint density at radius 1 is 1.13 bits per heavy atom. The summed E-state index contributed by atoms with van der Waals surface area (Å²) in [7, 11) is 0. The van der Waals surface area contributed by atoms with E-state index in [0.717, 1.165) is 48.2 Å². The molecule has 15 heavy (non-hydrogen) atoms. The Labute approximate surface area is 98.7 Å². The van der Waals surface area contributed by atoms with Crippen LogP contribution in [0.2, 0.25) is 0 Å². The Hall–Kier alpha value is -0.450. The molecule has 0 atom stereocenters. The van der Waals surface area contributed by atoms with Crippen molar-refractivity contribution in [2.24, 2.45) is 0 Å². The van der Waals surface area contributed by atoms with Crippen molar-refractivity contribution in [2.75, 3.05) is 11.5 Å². The lowest BCUT2D eigenvalue weighted by atomic mass is 10.2. The summed E-state index contributed by atoms with van der Waals surface area (Å²) in [6, 6.07) is 7.60. The van der Waals surface area contributed by atoms with Crippen LogP contribution < -0.4 is 0 Å². The SMILES string of the molecule is O=Cc1ccc(SCCCCSO)cc1. The normalized spacial score (nSPS) is 10.2. The highest BCUT2D eigenvalue weighted by molar-refractivity contribution is 7.99. The summed E-state index contributed by atoms with van der Waals surface area (Å²) in [5.74, 6) is 1.87. The molecule has 2 nitrogen and oxygen atoms in total. The molecule has 0 radical (unpaired) electrons. The van der Waals surface area contributed by atoms with E-state index in [1.54, 1.807) is 11.8 Å². The van der Waals surface area contributed by atoms with Crippen molar-refractivity contribution in [3.63, 3.8) is 0 Å². The van der Waals surface area contributed by atoms with Crippen molar-refractivity contribution in [1.82, 2.24) is 0 Å². The van der Waals surface area contributed by atoms with E-state index >= 15 is 0 Å². The first kappa shape index (κ1) is 12.6. The molecule has 0 amide bonds. The van der Waals surface area contributed by atoms with E-state index in [9.17, 15) is 4.79 Å². The van der Waals surface area contributed by atoms with Crippen molar-refractivity contribution in [1.29, 1.82) is 0 Å². The minimum Gasteiger partial charge on any atom is -0.330 e. The Kier molecular flexibility index (Phi) is 6.55. The first-order chi connectivity index (χ1) is 7.36. The van der Waals surface area contributed by atoms with Crippen molar-refractivity contribution in [3.05, 3.63) is 29.8 Å². The van der Waals surface area contributed by atoms with Crippen molar-refractivity contribution < 1.29 is 9.35 Å². The molecule has 1 aromatic rings. The molecule has 0 heterocycles. The number of aldehydes is 1. The van der Waals surface area contributed by atoms with Gasteiger partial charge in [0.25, 0.3) is 0 Å². The predicted molar refractivity (Wildman–Crippen MR) is 66.9 cm³/mol. The first-order valence-electron chi connectivity index (χ1n) is 4.81. The highest BCUT2D eigenvalue weighted by Crippen LogP contribution is 2.19. The van der Waals surface area contributed by atoms with Crippen molar-refractivity contribution >= 4 is 30.1 Å². The number of thioether (sulfide) groups is 1. The zero-order chi connectivity index (χ0) is 10.9. The van der Waals surface area contributed by atoms with Gasteiger partial charge in [-0.3, -0.25) is 4.79 Å². The molecule has 4 heteroatoms. The van der Waals surface area contributed by atoms with Crippen LogP contribution in [0, 0.1) is 0 Å². The van der Waals surface area contributed by atoms with E-state index in [1.807, 2.05) is 24.3 Å². The Bertz CT molecular complexity index is 285. The molecule has 0 aliphatic rings. The summed E-state index contributed by atoms with van der Waals surface area (Å²) in [5.41, 5.74) is 0.719. The smallest absolute Gasteiger partial charge is 0.150 e. The number of rotatable bonds is 7. The minimum absolute atomic E-state index is 0.719. The molecule has 0 saturated heterocycles. The van der Waals surface area contributed by atoms with Gasteiger partial charge in [-0.2, -0.15) is 0 Å². The predicted octanol–water partition coefficient (Wildman–Crippen LogP) is 3.58. The summed E-state index contributed by atoms with van der Waals surface area (Å²) in [6.45, 7) is 0. The molecule has 0 aliphatic carbocycles.